The van der Waals surface area contributed by atoms with E-state index in [2.05, 4.69) is 150 Å². The van der Waals surface area contributed by atoms with E-state index in [-0.39, 0.29) is 11.1 Å². The summed E-state index contributed by atoms with van der Waals surface area (Å²) in [6.45, 7) is 18.9. The Labute approximate surface area is 268 Å². The topological polar surface area (TPSA) is 85.5 Å². The molecule has 0 bridgehead atoms. The lowest BCUT2D eigenvalue weighted by Crippen LogP contribution is -2.43. The van der Waals surface area contributed by atoms with Crippen LogP contribution in [-0.2, 0) is 0 Å². The third kappa shape index (κ3) is 9.07. The van der Waals surface area contributed by atoms with E-state index in [9.17, 15) is 0 Å². The molecule has 0 aromatic heterocycles. The summed E-state index contributed by atoms with van der Waals surface area (Å²) < 4.78 is 21.8. The Morgan fingerprint density at radius 2 is 0.884 bits per heavy atom. The molecular weight excluding hydrogens is 653 g/mol. The highest BCUT2D eigenvalue weighted by Gasteiger charge is 2.43. The van der Waals surface area contributed by atoms with Gasteiger partial charge in [-0.1, -0.05) is 91.0 Å². The van der Waals surface area contributed by atoms with Crippen molar-refractivity contribution in [3.8, 4) is 0 Å². The lowest BCUT2D eigenvalue weighted by Gasteiger charge is -2.41. The molecule has 234 valence electrons. The average Bonchev–Trinajstić information content (AvgIpc) is 2.84. The van der Waals surface area contributed by atoms with Crippen molar-refractivity contribution < 1.29 is 0 Å². The summed E-state index contributed by atoms with van der Waals surface area (Å²) in [6, 6.07) is 31.5. The van der Waals surface area contributed by atoms with Gasteiger partial charge in [-0.15, -0.1) is 0 Å². The van der Waals surface area contributed by atoms with E-state index in [4.69, 9.17) is 40.5 Å². The largest absolute Gasteiger partial charge is 0.262 e. The number of nitrogens with one attached hydrogen (secondary N) is 3. The Morgan fingerprint density at radius 3 is 1.21 bits per heavy atom. The molecule has 1 atom stereocenters. The minimum atomic E-state index is -3.26. The van der Waals surface area contributed by atoms with Crippen LogP contribution in [0.1, 0.15) is 62.3 Å². The number of hydrogen-bond donors (Lipinski definition) is 3. The number of rotatable bonds is 7. The zero-order valence-corrected chi connectivity index (χ0v) is 31.6. The zero-order valence-electron chi connectivity index (χ0n) is 26.5. The predicted molar refractivity (Wildman–Crippen MR) is 196 cm³/mol. The normalized spacial score (nSPS) is 20.3. The highest BCUT2D eigenvalue weighted by Crippen LogP contribution is 2.82. The Morgan fingerprint density at radius 1 is 0.535 bits per heavy atom. The maximum absolute atomic E-state index is 7.17. The van der Waals surface area contributed by atoms with Gasteiger partial charge in [-0.2, -0.15) is 13.5 Å². The Kier molecular flexibility index (Phi) is 10.3. The van der Waals surface area contributed by atoms with Gasteiger partial charge in [0.2, 0.25) is 7.51 Å². The SMILES string of the molecule is CC(C)(C)NP1(N=P(c2ccccc2)(c2ccccc2)c2ccccc2)=NP(NC(C)(C)C)(NC(C)(C)C)=NP(Cl)(Cl)=N1. The first-order chi connectivity index (χ1) is 19.8. The van der Waals surface area contributed by atoms with E-state index in [1.807, 2.05) is 18.2 Å². The molecule has 0 saturated carbocycles. The molecule has 0 fully saturated rings. The fourth-order valence-corrected chi connectivity index (χ4v) is 24.1. The van der Waals surface area contributed by atoms with Crippen molar-refractivity contribution in [1.82, 2.24) is 15.3 Å². The van der Waals surface area contributed by atoms with E-state index in [1.54, 1.807) is 0 Å². The standard InChI is InChI=1S/C30H45Cl2N7P4/c1-28(2,3)33-42(34-29(4,5)6)37-41(31,32)38-43(39-42,35-30(7,8)9)36-40(25-19-13-10-14-20-25,26-21-15-11-16-22-26)27-23-17-12-18-24-27/h10-24,33-35H,1-9H3. The van der Waals surface area contributed by atoms with Crippen LogP contribution in [0, 0.1) is 0 Å². The predicted octanol–water partition coefficient (Wildman–Crippen LogP) is 10.7. The molecule has 0 amide bonds. The molecular formula is C30H45Cl2N7P4. The van der Waals surface area contributed by atoms with E-state index >= 15 is 0 Å². The molecule has 4 rings (SSSR count). The second-order valence-corrected chi connectivity index (χ2v) is 26.7. The zero-order chi connectivity index (χ0) is 31.8. The summed E-state index contributed by atoms with van der Waals surface area (Å²) in [4.78, 5) is 0. The summed E-state index contributed by atoms with van der Waals surface area (Å²) in [5, 5.41) is 14.6. The lowest BCUT2D eigenvalue weighted by atomic mass is 10.1. The van der Waals surface area contributed by atoms with E-state index in [0.717, 1.165) is 15.9 Å². The van der Waals surface area contributed by atoms with Gasteiger partial charge in [0.15, 0.2) is 0 Å². The first-order valence-corrected chi connectivity index (χ1v) is 22.8. The third-order valence-corrected chi connectivity index (χ3v) is 22.2. The van der Waals surface area contributed by atoms with Gasteiger partial charge in [0.25, 0.3) is 13.4 Å². The number of hydrogen-bond acceptors (Lipinski definition) is 7. The van der Waals surface area contributed by atoms with E-state index < -0.39 is 33.5 Å². The van der Waals surface area contributed by atoms with Crippen molar-refractivity contribution in [2.24, 2.45) is 18.1 Å². The Bertz CT molecular complexity index is 1530. The molecule has 13 heteroatoms. The summed E-state index contributed by atoms with van der Waals surface area (Å²) in [7, 11) is -8.97. The van der Waals surface area contributed by atoms with Crippen molar-refractivity contribution in [3.05, 3.63) is 91.0 Å². The molecule has 0 saturated heterocycles. The summed E-state index contributed by atoms with van der Waals surface area (Å²) >= 11 is 14.3. The summed E-state index contributed by atoms with van der Waals surface area (Å²) in [5.74, 6) is -3.26. The smallest absolute Gasteiger partial charge is 0.248 e. The second-order valence-electron chi connectivity index (χ2n) is 13.7. The number of nitrogens with zero attached hydrogens (tertiary/aromatic N) is 4. The van der Waals surface area contributed by atoms with Gasteiger partial charge in [-0.25, -0.2) is 19.8 Å². The Hall–Kier alpha value is -0.960. The van der Waals surface area contributed by atoms with Gasteiger partial charge in [0.05, 0.1) is 7.05 Å². The number of benzene rings is 3. The summed E-state index contributed by atoms with van der Waals surface area (Å²) in [5.41, 5.74) is -1.13. The van der Waals surface area contributed by atoms with Gasteiger partial charge >= 0.3 is 0 Å². The molecule has 3 N–H and O–H groups in total. The Balaban J connectivity index is 2.31. The van der Waals surface area contributed by atoms with Crippen molar-refractivity contribution in [3.63, 3.8) is 0 Å². The van der Waals surface area contributed by atoms with E-state index in [0.29, 0.717) is 0 Å². The van der Waals surface area contributed by atoms with Gasteiger partial charge < -0.3 is 0 Å². The van der Waals surface area contributed by atoms with Gasteiger partial charge in [0, 0.05) is 32.5 Å². The van der Waals surface area contributed by atoms with Crippen LogP contribution in [0.2, 0.25) is 0 Å². The molecule has 1 aliphatic rings. The summed E-state index contributed by atoms with van der Waals surface area (Å²) in [6.07, 6.45) is 0. The fourth-order valence-electron chi connectivity index (χ4n) is 4.87. The average molecular weight is 699 g/mol. The molecule has 3 aromatic rings. The van der Waals surface area contributed by atoms with Crippen LogP contribution in [0.15, 0.2) is 109 Å². The van der Waals surface area contributed by atoms with E-state index in [1.165, 1.54) is 0 Å². The van der Waals surface area contributed by atoms with Crippen LogP contribution in [0.3, 0.4) is 0 Å². The number of halogens is 2. The van der Waals surface area contributed by atoms with Gasteiger partial charge in [-0.05, 0) is 84.8 Å². The van der Waals surface area contributed by atoms with Crippen LogP contribution in [-0.4, -0.2) is 16.6 Å². The molecule has 43 heavy (non-hydrogen) atoms. The third-order valence-electron chi connectivity index (χ3n) is 5.84. The van der Waals surface area contributed by atoms with Crippen LogP contribution < -0.4 is 31.2 Å². The highest BCUT2D eigenvalue weighted by atomic mass is 35.9. The molecule has 1 unspecified atom stereocenters. The minimum Gasteiger partial charge on any atom is -0.248 e. The maximum Gasteiger partial charge on any atom is 0.262 e. The molecule has 1 aliphatic heterocycles. The van der Waals surface area contributed by atoms with Crippen LogP contribution in [0.4, 0.5) is 0 Å². The quantitative estimate of drug-likeness (QED) is 0.215. The monoisotopic (exact) mass is 697 g/mol. The van der Waals surface area contributed by atoms with Crippen molar-refractivity contribution >= 4 is 66.4 Å². The fraction of sp³-hybridized carbons (Fsp3) is 0.400. The van der Waals surface area contributed by atoms with Gasteiger partial charge in [-0.3, -0.25) is 0 Å². The second kappa shape index (κ2) is 12.7. The first kappa shape index (κ1) is 34.9. The molecule has 7 nitrogen and oxygen atoms in total. The van der Waals surface area contributed by atoms with Crippen molar-refractivity contribution in [1.29, 1.82) is 0 Å². The molecule has 0 aliphatic carbocycles. The molecule has 1 heterocycles. The van der Waals surface area contributed by atoms with Crippen LogP contribution in [0.25, 0.3) is 0 Å². The minimum absolute atomic E-state index is 0.355. The maximum atomic E-state index is 7.17. The van der Waals surface area contributed by atoms with Crippen LogP contribution in [0.5, 0.6) is 0 Å². The van der Waals surface area contributed by atoms with Gasteiger partial charge in [0.1, 0.15) is 0 Å². The molecule has 3 aromatic carbocycles. The highest BCUT2D eigenvalue weighted by molar-refractivity contribution is 8.13. The van der Waals surface area contributed by atoms with Crippen molar-refractivity contribution in [2.75, 3.05) is 0 Å². The first-order valence-electron chi connectivity index (χ1n) is 14.3. The lowest BCUT2D eigenvalue weighted by molar-refractivity contribution is 0.491. The molecule has 0 spiro atoms. The van der Waals surface area contributed by atoms with Crippen LogP contribution >= 0.6 is 50.5 Å². The molecule has 0 radical (unpaired) electrons. The van der Waals surface area contributed by atoms with Crippen molar-refractivity contribution in [2.45, 2.75) is 78.9 Å².